The molecular weight excluding hydrogens is 184 g/mol. The molecule has 0 aliphatic carbocycles. The van der Waals surface area contributed by atoms with Gasteiger partial charge in [-0.3, -0.25) is 0 Å². The van der Waals surface area contributed by atoms with Crippen molar-refractivity contribution in [3.63, 3.8) is 0 Å². The Kier molecular flexibility index (Phi) is 4.49. The maximum atomic E-state index is 13.4. The maximum Gasteiger partial charge on any atom is 0.126 e. The van der Waals surface area contributed by atoms with Crippen molar-refractivity contribution < 1.29 is 8.78 Å². The molecule has 0 N–H and O–H groups in total. The van der Waals surface area contributed by atoms with Crippen molar-refractivity contribution in [3.8, 4) is 6.07 Å². The fourth-order valence-electron chi connectivity index (χ4n) is 1.23. The third-order valence-electron chi connectivity index (χ3n) is 1.87. The molecule has 0 amide bonds. The summed E-state index contributed by atoms with van der Waals surface area (Å²) in [6.45, 7) is 5.91. The van der Waals surface area contributed by atoms with Gasteiger partial charge in [0, 0.05) is 5.57 Å². The summed E-state index contributed by atoms with van der Waals surface area (Å²) < 4.78 is 26.5. The van der Waals surface area contributed by atoms with Crippen LogP contribution in [0.2, 0.25) is 0 Å². The first-order chi connectivity index (χ1) is 6.36. The lowest BCUT2D eigenvalue weighted by atomic mass is 9.84. The molecule has 0 unspecified atom stereocenters. The quantitative estimate of drug-likeness (QED) is 0.629. The molecule has 0 saturated carbocycles. The summed E-state index contributed by atoms with van der Waals surface area (Å²) in [7, 11) is 0. The molecule has 0 rings (SSSR count). The number of hydrogen-bond acceptors (Lipinski definition) is 1. The summed E-state index contributed by atoms with van der Waals surface area (Å²) >= 11 is 0. The van der Waals surface area contributed by atoms with Crippen molar-refractivity contribution in [1.29, 1.82) is 5.26 Å². The van der Waals surface area contributed by atoms with E-state index in [1.807, 2.05) is 6.07 Å². The SMILES string of the molecule is CC/C=C(F)\C(=C(/C)F)C(C)(C)C#N. The van der Waals surface area contributed by atoms with E-state index in [2.05, 4.69) is 0 Å². The van der Waals surface area contributed by atoms with Crippen LogP contribution in [0.5, 0.6) is 0 Å². The Morgan fingerprint density at radius 3 is 2.21 bits per heavy atom. The van der Waals surface area contributed by atoms with Crippen LogP contribution in [0.1, 0.15) is 34.1 Å². The first kappa shape index (κ1) is 12.8. The number of rotatable bonds is 3. The molecule has 0 aromatic rings. The lowest BCUT2D eigenvalue weighted by Crippen LogP contribution is -2.13. The molecule has 0 aromatic carbocycles. The van der Waals surface area contributed by atoms with E-state index < -0.39 is 17.1 Å². The highest BCUT2D eigenvalue weighted by Gasteiger charge is 2.28. The van der Waals surface area contributed by atoms with Gasteiger partial charge in [0.2, 0.25) is 0 Å². The zero-order chi connectivity index (χ0) is 11.4. The highest BCUT2D eigenvalue weighted by molar-refractivity contribution is 5.37. The Morgan fingerprint density at radius 1 is 1.43 bits per heavy atom. The number of hydrogen-bond donors (Lipinski definition) is 0. The zero-order valence-electron chi connectivity index (χ0n) is 8.99. The smallest absolute Gasteiger partial charge is 0.126 e. The third-order valence-corrected chi connectivity index (χ3v) is 1.87. The fraction of sp³-hybridized carbons (Fsp3) is 0.545. The van der Waals surface area contributed by atoms with E-state index in [9.17, 15) is 8.78 Å². The molecule has 0 radical (unpaired) electrons. The molecule has 0 bridgehead atoms. The van der Waals surface area contributed by atoms with Crippen LogP contribution in [0.25, 0.3) is 0 Å². The lowest BCUT2D eigenvalue weighted by molar-refractivity contribution is 0.496. The van der Waals surface area contributed by atoms with Crippen LogP contribution >= 0.6 is 0 Å². The van der Waals surface area contributed by atoms with Gasteiger partial charge in [-0.15, -0.1) is 0 Å². The molecule has 0 fully saturated rings. The molecule has 0 aromatic heterocycles. The molecule has 14 heavy (non-hydrogen) atoms. The highest BCUT2D eigenvalue weighted by atomic mass is 19.1. The molecule has 0 spiro atoms. The van der Waals surface area contributed by atoms with Crippen molar-refractivity contribution >= 4 is 0 Å². The number of nitriles is 1. The van der Waals surface area contributed by atoms with Gasteiger partial charge in [0.1, 0.15) is 11.7 Å². The molecule has 1 nitrogen and oxygen atoms in total. The van der Waals surface area contributed by atoms with Gasteiger partial charge in [0.25, 0.3) is 0 Å². The summed E-state index contributed by atoms with van der Waals surface area (Å²) in [6.07, 6.45) is 1.75. The highest BCUT2D eigenvalue weighted by Crippen LogP contribution is 2.35. The van der Waals surface area contributed by atoms with E-state index in [4.69, 9.17) is 5.26 Å². The molecular formula is C11H15F2N. The summed E-state index contributed by atoms with van der Waals surface area (Å²) in [5.74, 6) is -1.28. The van der Waals surface area contributed by atoms with Crippen LogP contribution in [0.15, 0.2) is 23.3 Å². The van der Waals surface area contributed by atoms with Crippen molar-refractivity contribution in [2.75, 3.05) is 0 Å². The van der Waals surface area contributed by atoms with Gasteiger partial charge < -0.3 is 0 Å². The minimum atomic E-state index is -1.13. The zero-order valence-corrected chi connectivity index (χ0v) is 8.99. The maximum absolute atomic E-state index is 13.4. The average Bonchev–Trinajstić information content (AvgIpc) is 2.03. The lowest BCUT2D eigenvalue weighted by Gasteiger charge is -2.18. The predicted molar refractivity (Wildman–Crippen MR) is 52.7 cm³/mol. The van der Waals surface area contributed by atoms with Gasteiger partial charge in [-0.2, -0.15) is 5.26 Å². The van der Waals surface area contributed by atoms with E-state index in [0.717, 1.165) is 6.92 Å². The second-order valence-corrected chi connectivity index (χ2v) is 3.61. The van der Waals surface area contributed by atoms with Gasteiger partial charge in [0.05, 0.1) is 11.5 Å². The van der Waals surface area contributed by atoms with Crippen molar-refractivity contribution in [2.45, 2.75) is 34.1 Å². The number of allylic oxidation sites excluding steroid dienone is 4. The van der Waals surface area contributed by atoms with E-state index >= 15 is 0 Å². The van der Waals surface area contributed by atoms with Crippen molar-refractivity contribution in [3.05, 3.63) is 23.3 Å². The second-order valence-electron chi connectivity index (χ2n) is 3.61. The van der Waals surface area contributed by atoms with Gasteiger partial charge >= 0.3 is 0 Å². The van der Waals surface area contributed by atoms with Gasteiger partial charge in [0.15, 0.2) is 0 Å². The number of halogens is 2. The molecule has 0 saturated heterocycles. The van der Waals surface area contributed by atoms with E-state index in [1.54, 1.807) is 6.92 Å². The number of nitrogens with zero attached hydrogens (tertiary/aromatic N) is 1. The van der Waals surface area contributed by atoms with Crippen molar-refractivity contribution in [1.82, 2.24) is 0 Å². The molecule has 0 aliphatic rings. The standard InChI is InChI=1S/C11H15F2N/c1-5-6-9(13)10(8(2)12)11(3,4)7-14/h6H,5H2,1-4H3/b9-6+,10-8-. The monoisotopic (exact) mass is 199 g/mol. The minimum Gasteiger partial charge on any atom is -0.212 e. The summed E-state index contributed by atoms with van der Waals surface area (Å²) in [4.78, 5) is 0. The van der Waals surface area contributed by atoms with E-state index in [0.29, 0.717) is 6.42 Å². The first-order valence-electron chi connectivity index (χ1n) is 4.51. The minimum absolute atomic E-state index is 0.151. The van der Waals surface area contributed by atoms with Gasteiger partial charge in [-0.25, -0.2) is 8.78 Å². The molecule has 78 valence electrons. The summed E-state index contributed by atoms with van der Waals surface area (Å²) in [6, 6.07) is 1.88. The topological polar surface area (TPSA) is 23.8 Å². The fourth-order valence-corrected chi connectivity index (χ4v) is 1.23. The molecule has 0 aliphatic heterocycles. The average molecular weight is 199 g/mol. The molecule has 0 heterocycles. The Balaban J connectivity index is 5.35. The van der Waals surface area contributed by atoms with Crippen LogP contribution in [0.3, 0.4) is 0 Å². The largest absolute Gasteiger partial charge is 0.212 e. The molecule has 3 heteroatoms. The first-order valence-corrected chi connectivity index (χ1v) is 4.51. The van der Waals surface area contributed by atoms with Crippen molar-refractivity contribution in [2.24, 2.45) is 5.41 Å². The van der Waals surface area contributed by atoms with E-state index in [1.165, 1.54) is 19.9 Å². The van der Waals surface area contributed by atoms with E-state index in [-0.39, 0.29) is 5.57 Å². The molecule has 0 atom stereocenters. The Bertz CT molecular complexity index is 302. The Hall–Kier alpha value is -1.17. The second kappa shape index (κ2) is 4.90. The normalized spacial score (nSPS) is 14.8. The van der Waals surface area contributed by atoms with Crippen LogP contribution < -0.4 is 0 Å². The Labute approximate surface area is 83.7 Å². The van der Waals surface area contributed by atoms with Gasteiger partial charge in [-0.1, -0.05) is 6.92 Å². The van der Waals surface area contributed by atoms with Crippen LogP contribution in [0.4, 0.5) is 8.78 Å². The van der Waals surface area contributed by atoms with Crippen LogP contribution in [0, 0.1) is 16.7 Å². The van der Waals surface area contributed by atoms with Gasteiger partial charge in [-0.05, 0) is 33.3 Å². The Morgan fingerprint density at radius 2 is 1.93 bits per heavy atom. The predicted octanol–water partition coefficient (Wildman–Crippen LogP) is 4.04. The van der Waals surface area contributed by atoms with Crippen LogP contribution in [-0.4, -0.2) is 0 Å². The summed E-state index contributed by atoms with van der Waals surface area (Å²) in [5, 5.41) is 8.79. The summed E-state index contributed by atoms with van der Waals surface area (Å²) in [5.41, 5.74) is -1.28. The van der Waals surface area contributed by atoms with Crippen LogP contribution in [-0.2, 0) is 0 Å². The third kappa shape index (κ3) is 2.95.